The van der Waals surface area contributed by atoms with Crippen LogP contribution in [0.3, 0.4) is 0 Å². The summed E-state index contributed by atoms with van der Waals surface area (Å²) in [5.41, 5.74) is -6.04. The lowest BCUT2D eigenvalue weighted by molar-refractivity contribution is -0.243. The normalized spacial score (nSPS) is 15.3. The zero-order valence-corrected chi connectivity index (χ0v) is 47.6. The molecule has 0 saturated heterocycles. The van der Waals surface area contributed by atoms with Gasteiger partial charge in [-0.25, -0.2) is 0 Å². The van der Waals surface area contributed by atoms with E-state index in [9.17, 15) is 92.2 Å². The van der Waals surface area contributed by atoms with Gasteiger partial charge in [0.2, 0.25) is 0 Å². The Kier molecular flexibility index (Phi) is 38.7. The lowest BCUT2D eigenvalue weighted by Crippen LogP contribution is -2.43. The lowest BCUT2D eigenvalue weighted by atomic mass is 9.69. The summed E-state index contributed by atoms with van der Waals surface area (Å²) in [5, 5.41) is 0. The molecule has 0 bridgehead atoms. The van der Waals surface area contributed by atoms with Crippen molar-refractivity contribution in [2.75, 3.05) is 0 Å². The van der Waals surface area contributed by atoms with Crippen LogP contribution in [0.25, 0.3) is 0 Å². The molecule has 0 aliphatic heterocycles. The maximum absolute atomic E-state index is 12.3. The Labute approximate surface area is 420 Å². The summed E-state index contributed by atoms with van der Waals surface area (Å²) in [5.74, 6) is -3.38. The number of alkyl halides is 21. The lowest BCUT2D eigenvalue weighted by Gasteiger charge is -2.40. The molecule has 0 amide bonds. The number of hydrogen-bond donors (Lipinski definition) is 0. The second kappa shape index (κ2) is 33.0. The minimum Gasteiger partial charge on any atom is -0.171 e. The molecule has 446 valence electrons. The third-order valence-electron chi connectivity index (χ3n) is 14.1. The summed E-state index contributed by atoms with van der Waals surface area (Å²) in [6.45, 7) is 36.8. The number of rotatable bonds is 12. The van der Waals surface area contributed by atoms with Gasteiger partial charge in [0.15, 0.2) is 0 Å². The van der Waals surface area contributed by atoms with Crippen molar-refractivity contribution in [3.05, 3.63) is 0 Å². The number of hydrogen-bond acceptors (Lipinski definition) is 0. The highest BCUT2D eigenvalue weighted by Crippen LogP contribution is 2.50. The van der Waals surface area contributed by atoms with Crippen LogP contribution in [0.2, 0.25) is 0 Å². The van der Waals surface area contributed by atoms with E-state index in [1.54, 1.807) is 96.9 Å². The molecule has 0 aliphatic carbocycles. The van der Waals surface area contributed by atoms with Crippen molar-refractivity contribution in [2.24, 2.45) is 68.5 Å². The van der Waals surface area contributed by atoms with Gasteiger partial charge < -0.3 is 0 Å². The second-order valence-electron chi connectivity index (χ2n) is 22.8. The van der Waals surface area contributed by atoms with Crippen LogP contribution < -0.4 is 0 Å². The molecule has 0 saturated carbocycles. The molecule has 0 aromatic carbocycles. The number of halogens is 21. The van der Waals surface area contributed by atoms with Gasteiger partial charge in [-0.2, -0.15) is 92.2 Å². The summed E-state index contributed by atoms with van der Waals surface area (Å²) in [4.78, 5) is 0. The van der Waals surface area contributed by atoms with Crippen molar-refractivity contribution in [1.29, 1.82) is 0 Å². The Morgan fingerprint density at radius 3 is 0.819 bits per heavy atom. The van der Waals surface area contributed by atoms with Crippen molar-refractivity contribution in [3.8, 4) is 0 Å². The van der Waals surface area contributed by atoms with Crippen LogP contribution in [0.4, 0.5) is 92.2 Å². The highest BCUT2D eigenvalue weighted by molar-refractivity contribution is 4.88. The first-order chi connectivity index (χ1) is 30.9. The van der Waals surface area contributed by atoms with E-state index in [0.29, 0.717) is 32.1 Å². The molecule has 4 atom stereocenters. The average molecular weight is 1110 g/mol. The Balaban J connectivity index is -0.000000137. The van der Waals surface area contributed by atoms with E-state index in [1.165, 1.54) is 55.4 Å². The van der Waals surface area contributed by atoms with Gasteiger partial charge in [0.05, 0.1) is 28.1 Å². The monoisotopic (exact) mass is 1110 g/mol. The SMILES string of the molecule is CC(C)(C)C(C)(C)C(F)(F)F.CC(C)C(C)(C)C(F)(F)F.CC(C)[C@@H](C)C(C)C(F)(F)F.CCC(C)(C)CC(F)(F)F.CCC(C)[C@@H](C)C(F)(F)F.CCC(CC)CC(F)(F)F.CCCC(C)(C)C(F)(F)F. The van der Waals surface area contributed by atoms with Crippen LogP contribution in [0.1, 0.15) is 218 Å². The van der Waals surface area contributed by atoms with Gasteiger partial charge in [0.1, 0.15) is 0 Å². The molecule has 0 heterocycles. The molecular weight excluding hydrogens is 1010 g/mol. The van der Waals surface area contributed by atoms with E-state index in [2.05, 4.69) is 0 Å². The Morgan fingerprint density at radius 1 is 0.403 bits per heavy atom. The van der Waals surface area contributed by atoms with Crippen LogP contribution in [0.15, 0.2) is 0 Å². The minimum absolute atomic E-state index is 0.0895. The molecule has 0 aliphatic rings. The standard InChI is InChI=1S/2C8H15F3.5C7H13F3/c1-6(2,3)7(4,5)8(9,10)11;1-5(2)6(3)7(4)8(9,10)11;1-5(2)6(3,4)7(8,9)10;1-4-6(2,3)5-7(8,9)10;1-4-5-6(2,3)7(8,9)10;1-4-5(2)6(3)7(8,9)10;1-3-6(4-2)5-7(8,9)10/h1-5H3;5-7H,1-4H3;5H,1-4H3;2*4-5H2,1-3H3;5-6H,4H2,1-3H3;6H,3-5H2,1-2H3/t;6-,7?;;;;5?,6-;/m.1...1./s1. The molecule has 0 N–H and O–H groups in total. The predicted molar refractivity (Wildman–Crippen MR) is 252 cm³/mol. The maximum Gasteiger partial charge on any atom is 0.394 e. The smallest absolute Gasteiger partial charge is 0.171 e. The first-order valence-electron chi connectivity index (χ1n) is 24.4. The Hall–Kier alpha value is -1.47. The molecule has 21 heteroatoms. The van der Waals surface area contributed by atoms with Gasteiger partial charge >= 0.3 is 43.2 Å². The van der Waals surface area contributed by atoms with E-state index < -0.39 is 95.0 Å². The first kappa shape index (κ1) is 84.5. The zero-order chi connectivity index (χ0) is 60.7. The third kappa shape index (κ3) is 39.9. The topological polar surface area (TPSA) is 0 Å². The molecule has 2 unspecified atom stereocenters. The van der Waals surface area contributed by atoms with Gasteiger partial charge in [0, 0.05) is 12.8 Å². The van der Waals surface area contributed by atoms with Gasteiger partial charge in [-0.05, 0) is 46.8 Å². The average Bonchev–Trinajstić information content (AvgIpc) is 3.13. The molecule has 0 fully saturated rings. The van der Waals surface area contributed by atoms with E-state index >= 15 is 0 Å². The van der Waals surface area contributed by atoms with Gasteiger partial charge in [-0.3, -0.25) is 0 Å². The first-order valence-corrected chi connectivity index (χ1v) is 24.4. The molecule has 0 aromatic heterocycles. The van der Waals surface area contributed by atoms with E-state index in [4.69, 9.17) is 0 Å². The predicted octanol–water partition coefficient (Wildman–Crippen LogP) is 23.7. The van der Waals surface area contributed by atoms with Crippen LogP contribution in [0, 0.1) is 68.5 Å². The van der Waals surface area contributed by atoms with Gasteiger partial charge in [0.25, 0.3) is 0 Å². The van der Waals surface area contributed by atoms with Crippen molar-refractivity contribution in [2.45, 2.75) is 261 Å². The third-order valence-corrected chi connectivity index (χ3v) is 14.1. The molecule has 72 heavy (non-hydrogen) atoms. The van der Waals surface area contributed by atoms with Gasteiger partial charge in [-0.1, -0.05) is 198 Å². The summed E-state index contributed by atoms with van der Waals surface area (Å²) in [6, 6.07) is 0. The highest BCUT2D eigenvalue weighted by atomic mass is 19.4. The van der Waals surface area contributed by atoms with Crippen molar-refractivity contribution in [3.63, 3.8) is 0 Å². The van der Waals surface area contributed by atoms with Crippen molar-refractivity contribution in [1.82, 2.24) is 0 Å². The van der Waals surface area contributed by atoms with E-state index in [-0.39, 0.29) is 36.0 Å². The summed E-state index contributed by atoms with van der Waals surface area (Å²) in [7, 11) is 0. The summed E-state index contributed by atoms with van der Waals surface area (Å²) >= 11 is 0. The Bertz CT molecular complexity index is 1290. The van der Waals surface area contributed by atoms with Gasteiger partial charge in [-0.15, -0.1) is 0 Å². The van der Waals surface area contributed by atoms with Crippen LogP contribution in [0.5, 0.6) is 0 Å². The highest BCUT2D eigenvalue weighted by Gasteiger charge is 2.54. The van der Waals surface area contributed by atoms with E-state index in [0.717, 1.165) is 0 Å². The Morgan fingerprint density at radius 2 is 0.750 bits per heavy atom. The van der Waals surface area contributed by atoms with Crippen LogP contribution in [-0.2, 0) is 0 Å². The summed E-state index contributed by atoms with van der Waals surface area (Å²) < 4.78 is 251. The van der Waals surface area contributed by atoms with Crippen LogP contribution in [-0.4, -0.2) is 43.2 Å². The van der Waals surface area contributed by atoms with E-state index in [1.807, 2.05) is 13.8 Å². The molecule has 0 radical (unpaired) electrons. The fraction of sp³-hybridized carbons (Fsp3) is 1.00. The fourth-order valence-corrected chi connectivity index (χ4v) is 4.64. The minimum atomic E-state index is -4.12. The fourth-order valence-electron chi connectivity index (χ4n) is 4.64. The quantitative estimate of drug-likeness (QED) is 0.171. The second-order valence-corrected chi connectivity index (χ2v) is 22.8. The molecule has 0 nitrogen and oxygen atoms in total. The summed E-state index contributed by atoms with van der Waals surface area (Å²) in [6.07, 6.45) is -26.4. The van der Waals surface area contributed by atoms with Crippen LogP contribution >= 0.6 is 0 Å². The van der Waals surface area contributed by atoms with Crippen molar-refractivity contribution >= 4 is 0 Å². The molecular formula is C51H95F21. The zero-order valence-electron chi connectivity index (χ0n) is 47.6. The largest absolute Gasteiger partial charge is 0.394 e. The molecule has 0 spiro atoms. The maximum atomic E-state index is 12.3. The molecule has 0 aromatic rings. The molecule has 0 rings (SSSR count). The van der Waals surface area contributed by atoms with Crippen molar-refractivity contribution < 1.29 is 92.2 Å².